The fraction of sp³-hybridized carbons (Fsp3) is 0.238. The van der Waals surface area contributed by atoms with E-state index in [1.807, 2.05) is 43.5 Å². The van der Waals surface area contributed by atoms with Gasteiger partial charge < -0.3 is 15.6 Å². The summed E-state index contributed by atoms with van der Waals surface area (Å²) >= 11 is 0. The number of benzene rings is 2. The number of para-hydroxylation sites is 1. The molecule has 5 heteroatoms. The number of anilines is 2. The number of rotatable bonds is 6. The van der Waals surface area contributed by atoms with Crippen LogP contribution in [0.1, 0.15) is 30.9 Å². The second-order valence-electron chi connectivity index (χ2n) is 6.34. The highest BCUT2D eigenvalue weighted by molar-refractivity contribution is 5.95. The van der Waals surface area contributed by atoms with Crippen LogP contribution in [0.2, 0.25) is 0 Å². The van der Waals surface area contributed by atoms with E-state index in [4.69, 9.17) is 0 Å². The van der Waals surface area contributed by atoms with Gasteiger partial charge in [0.1, 0.15) is 0 Å². The quantitative estimate of drug-likeness (QED) is 0.617. The van der Waals surface area contributed by atoms with E-state index in [2.05, 4.69) is 21.7 Å². The summed E-state index contributed by atoms with van der Waals surface area (Å²) in [6, 6.07) is 13.6. The molecule has 1 aromatic heterocycles. The number of aromatic amines is 1. The molecule has 3 N–H and O–H groups in total. The van der Waals surface area contributed by atoms with E-state index in [0.717, 1.165) is 27.7 Å². The Morgan fingerprint density at radius 2 is 1.85 bits per heavy atom. The number of carbonyl (C=O) groups is 2. The van der Waals surface area contributed by atoms with Gasteiger partial charge in [-0.25, -0.2) is 0 Å². The number of carbonyl (C=O) groups excluding carboxylic acids is 2. The van der Waals surface area contributed by atoms with Gasteiger partial charge in [0.15, 0.2) is 0 Å². The maximum atomic E-state index is 12.4. The molecule has 0 aliphatic heterocycles. The summed E-state index contributed by atoms with van der Waals surface area (Å²) in [6.45, 7) is 3.73. The molecular formula is C21H23N3O2. The first-order valence-electron chi connectivity index (χ1n) is 8.82. The number of amides is 2. The van der Waals surface area contributed by atoms with Crippen molar-refractivity contribution in [1.82, 2.24) is 4.98 Å². The van der Waals surface area contributed by atoms with Crippen molar-refractivity contribution in [3.8, 4) is 0 Å². The van der Waals surface area contributed by atoms with Gasteiger partial charge in [-0.05, 0) is 42.7 Å². The predicted octanol–water partition coefficient (Wildman–Crippen LogP) is 4.40. The average molecular weight is 349 g/mol. The highest BCUT2D eigenvalue weighted by Crippen LogP contribution is 2.22. The minimum Gasteiger partial charge on any atom is -0.361 e. The van der Waals surface area contributed by atoms with E-state index in [-0.39, 0.29) is 11.8 Å². The highest BCUT2D eigenvalue weighted by Gasteiger charge is 2.09. The topological polar surface area (TPSA) is 74.0 Å². The van der Waals surface area contributed by atoms with Gasteiger partial charge in [0.2, 0.25) is 11.8 Å². The fourth-order valence-corrected chi connectivity index (χ4v) is 2.88. The molecule has 0 spiro atoms. The molecule has 5 nitrogen and oxygen atoms in total. The van der Waals surface area contributed by atoms with Gasteiger partial charge in [-0.15, -0.1) is 0 Å². The Balaban J connectivity index is 1.64. The molecule has 0 saturated carbocycles. The minimum atomic E-state index is -0.0505. The van der Waals surface area contributed by atoms with Crippen molar-refractivity contribution in [3.05, 3.63) is 59.8 Å². The van der Waals surface area contributed by atoms with Crippen LogP contribution in [0.5, 0.6) is 0 Å². The number of nitrogens with one attached hydrogen (secondary N) is 3. The standard InChI is InChI=1S/C21H23N3O2/c1-3-20(25)23-16-10-8-14(2)19(12-16)24-21(26)11-9-15-13-22-18-7-5-4-6-17(15)18/h4-8,10,12-13,22H,3,9,11H2,1-2H3,(H,23,25)(H,24,26). The third-order valence-corrected chi connectivity index (χ3v) is 4.41. The molecule has 3 aromatic rings. The van der Waals surface area contributed by atoms with Crippen LogP contribution in [0.15, 0.2) is 48.7 Å². The van der Waals surface area contributed by atoms with E-state index in [9.17, 15) is 9.59 Å². The Morgan fingerprint density at radius 1 is 1.04 bits per heavy atom. The summed E-state index contributed by atoms with van der Waals surface area (Å²) < 4.78 is 0. The summed E-state index contributed by atoms with van der Waals surface area (Å²) in [5.41, 5.74) is 4.59. The first kappa shape index (κ1) is 17.7. The number of fused-ring (bicyclic) bond motifs is 1. The van der Waals surface area contributed by atoms with Gasteiger partial charge in [-0.3, -0.25) is 9.59 Å². The van der Waals surface area contributed by atoms with Crippen molar-refractivity contribution in [2.75, 3.05) is 10.6 Å². The van der Waals surface area contributed by atoms with Gasteiger partial charge in [-0.2, -0.15) is 0 Å². The fourth-order valence-electron chi connectivity index (χ4n) is 2.88. The molecule has 0 unspecified atom stereocenters. The molecular weight excluding hydrogens is 326 g/mol. The Kier molecular flexibility index (Phi) is 5.37. The molecule has 134 valence electrons. The molecule has 26 heavy (non-hydrogen) atoms. The molecule has 0 bridgehead atoms. The maximum Gasteiger partial charge on any atom is 0.224 e. The SMILES string of the molecule is CCC(=O)Nc1ccc(C)c(NC(=O)CCc2c[nH]c3ccccc23)c1. The smallest absolute Gasteiger partial charge is 0.224 e. The maximum absolute atomic E-state index is 12.4. The number of aromatic nitrogens is 1. The van der Waals surface area contributed by atoms with E-state index in [1.165, 1.54) is 0 Å². The van der Waals surface area contributed by atoms with Crippen LogP contribution >= 0.6 is 0 Å². The van der Waals surface area contributed by atoms with Gasteiger partial charge in [-0.1, -0.05) is 31.2 Å². The second-order valence-corrected chi connectivity index (χ2v) is 6.34. The molecule has 0 fully saturated rings. The molecule has 0 aliphatic carbocycles. The van der Waals surface area contributed by atoms with Crippen molar-refractivity contribution in [3.63, 3.8) is 0 Å². The van der Waals surface area contributed by atoms with E-state index in [1.54, 1.807) is 13.0 Å². The van der Waals surface area contributed by atoms with Crippen LogP contribution in [-0.2, 0) is 16.0 Å². The zero-order valence-electron chi connectivity index (χ0n) is 15.1. The highest BCUT2D eigenvalue weighted by atomic mass is 16.2. The zero-order chi connectivity index (χ0) is 18.5. The van der Waals surface area contributed by atoms with Crippen molar-refractivity contribution in [2.45, 2.75) is 33.1 Å². The average Bonchev–Trinajstić information content (AvgIpc) is 3.06. The number of hydrogen-bond donors (Lipinski definition) is 3. The lowest BCUT2D eigenvalue weighted by atomic mass is 10.1. The zero-order valence-corrected chi connectivity index (χ0v) is 15.1. The molecule has 2 aromatic carbocycles. The number of aryl methyl sites for hydroxylation is 2. The molecule has 3 rings (SSSR count). The van der Waals surface area contributed by atoms with Crippen molar-refractivity contribution < 1.29 is 9.59 Å². The third kappa shape index (κ3) is 4.11. The summed E-state index contributed by atoms with van der Waals surface area (Å²) in [4.78, 5) is 27.1. The first-order chi connectivity index (χ1) is 12.6. The van der Waals surface area contributed by atoms with E-state index < -0.39 is 0 Å². The lowest BCUT2D eigenvalue weighted by Crippen LogP contribution is -2.14. The molecule has 0 saturated heterocycles. The van der Waals surface area contributed by atoms with E-state index in [0.29, 0.717) is 24.9 Å². The van der Waals surface area contributed by atoms with Crippen molar-refractivity contribution >= 4 is 34.1 Å². The third-order valence-electron chi connectivity index (χ3n) is 4.41. The van der Waals surface area contributed by atoms with E-state index >= 15 is 0 Å². The second kappa shape index (κ2) is 7.87. The Morgan fingerprint density at radius 3 is 2.65 bits per heavy atom. The van der Waals surface area contributed by atoms with Gasteiger partial charge >= 0.3 is 0 Å². The molecule has 2 amide bonds. The molecule has 0 radical (unpaired) electrons. The van der Waals surface area contributed by atoms with Crippen LogP contribution in [-0.4, -0.2) is 16.8 Å². The lowest BCUT2D eigenvalue weighted by Gasteiger charge is -2.11. The Bertz CT molecular complexity index is 943. The Labute approximate surface area is 152 Å². The number of H-pyrrole nitrogens is 1. The first-order valence-corrected chi connectivity index (χ1v) is 8.82. The van der Waals surface area contributed by atoms with Crippen LogP contribution in [0, 0.1) is 6.92 Å². The largest absolute Gasteiger partial charge is 0.361 e. The van der Waals surface area contributed by atoms with Gasteiger partial charge in [0, 0.05) is 41.3 Å². The summed E-state index contributed by atoms with van der Waals surface area (Å²) in [5, 5.41) is 6.92. The summed E-state index contributed by atoms with van der Waals surface area (Å²) in [5.74, 6) is -0.0946. The molecule has 0 atom stereocenters. The van der Waals surface area contributed by atoms with Crippen LogP contribution in [0.3, 0.4) is 0 Å². The summed E-state index contributed by atoms with van der Waals surface area (Å²) in [7, 11) is 0. The predicted molar refractivity (Wildman–Crippen MR) is 105 cm³/mol. The van der Waals surface area contributed by atoms with Crippen molar-refractivity contribution in [1.29, 1.82) is 0 Å². The van der Waals surface area contributed by atoms with Crippen LogP contribution < -0.4 is 10.6 Å². The van der Waals surface area contributed by atoms with Crippen molar-refractivity contribution in [2.24, 2.45) is 0 Å². The minimum absolute atomic E-state index is 0.0441. The Hall–Kier alpha value is -3.08. The van der Waals surface area contributed by atoms with Gasteiger partial charge in [0.05, 0.1) is 0 Å². The molecule has 1 heterocycles. The summed E-state index contributed by atoms with van der Waals surface area (Å²) in [6.07, 6.45) is 3.44. The number of hydrogen-bond acceptors (Lipinski definition) is 2. The van der Waals surface area contributed by atoms with Crippen LogP contribution in [0.4, 0.5) is 11.4 Å². The normalized spacial score (nSPS) is 10.7. The monoisotopic (exact) mass is 349 g/mol. The van der Waals surface area contributed by atoms with Gasteiger partial charge in [0.25, 0.3) is 0 Å². The lowest BCUT2D eigenvalue weighted by molar-refractivity contribution is -0.116. The molecule has 0 aliphatic rings. The van der Waals surface area contributed by atoms with Crippen LogP contribution in [0.25, 0.3) is 10.9 Å².